The average Bonchev–Trinajstić information content (AvgIpc) is 3.24. The summed E-state index contributed by atoms with van der Waals surface area (Å²) in [5.74, 6) is 1.72. The van der Waals surface area contributed by atoms with Crippen molar-refractivity contribution in [1.29, 1.82) is 0 Å². The highest BCUT2D eigenvalue weighted by atomic mass is 16.6. The number of fused-ring (bicyclic) bond motifs is 1. The lowest BCUT2D eigenvalue weighted by molar-refractivity contribution is 0.164. The third kappa shape index (κ3) is 3.17. The summed E-state index contributed by atoms with van der Waals surface area (Å²) in [7, 11) is 0. The van der Waals surface area contributed by atoms with Gasteiger partial charge < -0.3 is 9.47 Å². The minimum absolute atomic E-state index is 0.349. The molecule has 0 amide bonds. The molecule has 1 aliphatic heterocycles. The monoisotopic (exact) mass is 274 g/mol. The van der Waals surface area contributed by atoms with Crippen LogP contribution in [-0.2, 0) is 4.74 Å². The molecule has 2 nitrogen and oxygen atoms in total. The SMILES string of the molecule is CCCC(CC)c1ccc(OC2CCC3OC3C2)cc1. The summed E-state index contributed by atoms with van der Waals surface area (Å²) < 4.78 is 11.7. The Morgan fingerprint density at radius 2 is 1.95 bits per heavy atom. The zero-order valence-electron chi connectivity index (χ0n) is 12.7. The van der Waals surface area contributed by atoms with Crippen LogP contribution in [0.4, 0.5) is 0 Å². The fourth-order valence-corrected chi connectivity index (χ4v) is 3.44. The van der Waals surface area contributed by atoms with Crippen LogP contribution in [0.3, 0.4) is 0 Å². The van der Waals surface area contributed by atoms with Gasteiger partial charge in [0.2, 0.25) is 0 Å². The van der Waals surface area contributed by atoms with Gasteiger partial charge >= 0.3 is 0 Å². The normalized spacial score (nSPS) is 29.6. The van der Waals surface area contributed by atoms with E-state index < -0.39 is 0 Å². The molecular weight excluding hydrogens is 248 g/mol. The third-order valence-corrected chi connectivity index (χ3v) is 4.74. The number of benzene rings is 1. The molecule has 1 aliphatic carbocycles. The van der Waals surface area contributed by atoms with Crippen LogP contribution in [0.2, 0.25) is 0 Å². The first kappa shape index (κ1) is 13.9. The maximum atomic E-state index is 6.10. The molecule has 1 aromatic rings. The van der Waals surface area contributed by atoms with E-state index in [1.807, 2.05) is 0 Å². The van der Waals surface area contributed by atoms with Gasteiger partial charge in [0.1, 0.15) is 11.9 Å². The summed E-state index contributed by atoms with van der Waals surface area (Å²) in [6.07, 6.45) is 8.51. The first-order chi connectivity index (χ1) is 9.80. The summed E-state index contributed by atoms with van der Waals surface area (Å²) in [4.78, 5) is 0. The fraction of sp³-hybridized carbons (Fsp3) is 0.667. The molecule has 2 heteroatoms. The first-order valence-corrected chi connectivity index (χ1v) is 8.22. The minimum atomic E-state index is 0.349. The first-order valence-electron chi connectivity index (χ1n) is 8.22. The lowest BCUT2D eigenvalue weighted by atomic mass is 9.92. The van der Waals surface area contributed by atoms with E-state index in [1.54, 1.807) is 0 Å². The van der Waals surface area contributed by atoms with Gasteiger partial charge in [-0.2, -0.15) is 0 Å². The van der Waals surface area contributed by atoms with Crippen molar-refractivity contribution in [2.75, 3.05) is 0 Å². The summed E-state index contributed by atoms with van der Waals surface area (Å²) >= 11 is 0. The lowest BCUT2D eigenvalue weighted by Crippen LogP contribution is -2.24. The molecule has 0 radical (unpaired) electrons. The topological polar surface area (TPSA) is 21.8 Å². The van der Waals surface area contributed by atoms with Gasteiger partial charge in [0.05, 0.1) is 12.2 Å². The van der Waals surface area contributed by atoms with E-state index in [-0.39, 0.29) is 0 Å². The molecule has 1 saturated carbocycles. The number of rotatable bonds is 6. The van der Waals surface area contributed by atoms with Crippen molar-refractivity contribution in [3.63, 3.8) is 0 Å². The molecule has 0 N–H and O–H groups in total. The largest absolute Gasteiger partial charge is 0.490 e. The Balaban J connectivity index is 1.57. The number of ether oxygens (including phenoxy) is 2. The molecule has 2 aliphatic rings. The van der Waals surface area contributed by atoms with E-state index >= 15 is 0 Å². The zero-order chi connectivity index (χ0) is 13.9. The molecule has 4 atom stereocenters. The standard InChI is InChI=1S/C18H26O2/c1-3-5-13(4-2)14-6-8-15(9-7-14)19-16-10-11-17-18(12-16)20-17/h6-9,13,16-18H,3-5,10-12H2,1-2H3. The summed E-state index contributed by atoms with van der Waals surface area (Å²) in [6.45, 7) is 4.54. The van der Waals surface area contributed by atoms with Crippen LogP contribution in [0, 0.1) is 0 Å². The van der Waals surface area contributed by atoms with Crippen LogP contribution in [0.15, 0.2) is 24.3 Å². The Bertz CT molecular complexity index is 426. The lowest BCUT2D eigenvalue weighted by Gasteiger charge is -2.21. The Kier molecular flexibility index (Phi) is 4.30. The average molecular weight is 274 g/mol. The van der Waals surface area contributed by atoms with Gasteiger partial charge in [0, 0.05) is 6.42 Å². The molecule has 110 valence electrons. The van der Waals surface area contributed by atoms with Crippen molar-refractivity contribution in [1.82, 2.24) is 0 Å². The third-order valence-electron chi connectivity index (χ3n) is 4.74. The molecule has 3 rings (SSSR count). The number of hydrogen-bond acceptors (Lipinski definition) is 2. The van der Waals surface area contributed by atoms with Crippen LogP contribution in [-0.4, -0.2) is 18.3 Å². The summed E-state index contributed by atoms with van der Waals surface area (Å²) in [6, 6.07) is 8.79. The predicted molar refractivity (Wildman–Crippen MR) is 81.3 cm³/mol. The van der Waals surface area contributed by atoms with Crippen molar-refractivity contribution in [2.24, 2.45) is 0 Å². The van der Waals surface area contributed by atoms with E-state index in [0.717, 1.165) is 18.6 Å². The van der Waals surface area contributed by atoms with Gasteiger partial charge in [-0.1, -0.05) is 32.4 Å². The van der Waals surface area contributed by atoms with Crippen molar-refractivity contribution < 1.29 is 9.47 Å². The maximum Gasteiger partial charge on any atom is 0.119 e. The van der Waals surface area contributed by atoms with E-state index in [0.29, 0.717) is 24.2 Å². The van der Waals surface area contributed by atoms with E-state index in [1.165, 1.54) is 31.2 Å². The Morgan fingerprint density at radius 3 is 2.60 bits per heavy atom. The molecule has 20 heavy (non-hydrogen) atoms. The molecular formula is C18H26O2. The van der Waals surface area contributed by atoms with Crippen molar-refractivity contribution in [3.8, 4) is 5.75 Å². The highest BCUT2D eigenvalue weighted by Crippen LogP contribution is 2.38. The molecule has 1 saturated heterocycles. The van der Waals surface area contributed by atoms with Crippen LogP contribution in [0.25, 0.3) is 0 Å². The molecule has 0 spiro atoms. The van der Waals surface area contributed by atoms with E-state index in [4.69, 9.17) is 9.47 Å². The van der Waals surface area contributed by atoms with Crippen LogP contribution < -0.4 is 4.74 Å². The summed E-state index contributed by atoms with van der Waals surface area (Å²) in [5, 5.41) is 0. The molecule has 1 heterocycles. The van der Waals surface area contributed by atoms with Crippen LogP contribution >= 0.6 is 0 Å². The Hall–Kier alpha value is -1.02. The second-order valence-electron chi connectivity index (χ2n) is 6.23. The summed E-state index contributed by atoms with van der Waals surface area (Å²) in [5.41, 5.74) is 1.45. The molecule has 2 fully saturated rings. The predicted octanol–water partition coefficient (Wildman–Crippen LogP) is 4.68. The zero-order valence-corrected chi connectivity index (χ0v) is 12.7. The van der Waals surface area contributed by atoms with E-state index in [2.05, 4.69) is 38.1 Å². The van der Waals surface area contributed by atoms with Gasteiger partial charge in [0.25, 0.3) is 0 Å². The van der Waals surface area contributed by atoms with E-state index in [9.17, 15) is 0 Å². The van der Waals surface area contributed by atoms with Gasteiger partial charge in [-0.25, -0.2) is 0 Å². The van der Waals surface area contributed by atoms with Crippen molar-refractivity contribution >= 4 is 0 Å². The van der Waals surface area contributed by atoms with Gasteiger partial charge in [-0.3, -0.25) is 0 Å². The van der Waals surface area contributed by atoms with Gasteiger partial charge in [-0.05, 0) is 49.3 Å². The fourth-order valence-electron chi connectivity index (χ4n) is 3.44. The van der Waals surface area contributed by atoms with Crippen molar-refractivity contribution in [2.45, 2.75) is 76.6 Å². The second-order valence-corrected chi connectivity index (χ2v) is 6.23. The van der Waals surface area contributed by atoms with Gasteiger partial charge in [-0.15, -0.1) is 0 Å². The molecule has 0 aromatic heterocycles. The Labute approximate surface area is 122 Å². The maximum absolute atomic E-state index is 6.10. The second kappa shape index (κ2) is 6.17. The smallest absolute Gasteiger partial charge is 0.119 e. The Morgan fingerprint density at radius 1 is 1.15 bits per heavy atom. The number of hydrogen-bond donors (Lipinski definition) is 0. The molecule has 4 unspecified atom stereocenters. The quantitative estimate of drug-likeness (QED) is 0.703. The minimum Gasteiger partial charge on any atom is -0.490 e. The van der Waals surface area contributed by atoms with Gasteiger partial charge in [0.15, 0.2) is 0 Å². The molecule has 1 aromatic carbocycles. The molecule has 0 bridgehead atoms. The number of epoxide rings is 1. The van der Waals surface area contributed by atoms with Crippen LogP contribution in [0.5, 0.6) is 5.75 Å². The van der Waals surface area contributed by atoms with Crippen molar-refractivity contribution in [3.05, 3.63) is 29.8 Å². The highest BCUT2D eigenvalue weighted by molar-refractivity contribution is 5.29. The van der Waals surface area contributed by atoms with Crippen LogP contribution in [0.1, 0.15) is 63.9 Å². The highest BCUT2D eigenvalue weighted by Gasteiger charge is 2.44.